The Morgan fingerprint density at radius 1 is 0.500 bits per heavy atom. The standard InChI is InChI=1S/C43H27N3O2/c1-2-11-27(12-3-1)41-44-42(30-20-21-33-32-14-6-8-16-36(32)47-38(33)25-30)46-43(45-41)35-23-22-31(29-19-18-26-10-4-5-13-28(26)24-29)40-39(35)34-15-7-9-17-37(34)48-40/h1-25,41H,(H,44,45,46). The Kier molecular flexibility index (Phi) is 5.87. The molecule has 0 saturated heterocycles. The molecule has 5 heteroatoms. The summed E-state index contributed by atoms with van der Waals surface area (Å²) < 4.78 is 12.9. The number of furan rings is 2. The Morgan fingerprint density at radius 3 is 2.06 bits per heavy atom. The zero-order valence-electron chi connectivity index (χ0n) is 25.7. The van der Waals surface area contributed by atoms with E-state index >= 15 is 0 Å². The Morgan fingerprint density at radius 2 is 1.19 bits per heavy atom. The van der Waals surface area contributed by atoms with E-state index in [1.54, 1.807) is 0 Å². The average molecular weight is 618 g/mol. The van der Waals surface area contributed by atoms with Crippen molar-refractivity contribution in [1.82, 2.24) is 5.32 Å². The number of amidine groups is 2. The fourth-order valence-electron chi connectivity index (χ4n) is 7.00. The van der Waals surface area contributed by atoms with Gasteiger partial charge in [0.15, 0.2) is 5.84 Å². The zero-order chi connectivity index (χ0) is 31.6. The van der Waals surface area contributed by atoms with E-state index in [2.05, 4.69) is 102 Å². The lowest BCUT2D eigenvalue weighted by molar-refractivity contribution is 0.667. The van der Waals surface area contributed by atoms with Crippen molar-refractivity contribution >= 4 is 66.3 Å². The van der Waals surface area contributed by atoms with Gasteiger partial charge >= 0.3 is 0 Å². The smallest absolute Gasteiger partial charge is 0.159 e. The van der Waals surface area contributed by atoms with E-state index in [-0.39, 0.29) is 6.17 Å². The molecule has 1 unspecified atom stereocenters. The van der Waals surface area contributed by atoms with Crippen LogP contribution in [0.3, 0.4) is 0 Å². The summed E-state index contributed by atoms with van der Waals surface area (Å²) in [5, 5.41) is 10.3. The number of rotatable bonds is 4. The highest BCUT2D eigenvalue weighted by atomic mass is 16.3. The van der Waals surface area contributed by atoms with E-state index in [4.69, 9.17) is 18.8 Å². The van der Waals surface area contributed by atoms with Crippen LogP contribution in [0.25, 0.3) is 65.8 Å². The van der Waals surface area contributed by atoms with Gasteiger partial charge in [0.1, 0.15) is 34.3 Å². The number of fused-ring (bicyclic) bond motifs is 7. The number of hydrogen-bond donors (Lipinski definition) is 1. The van der Waals surface area contributed by atoms with Crippen LogP contribution in [-0.4, -0.2) is 11.7 Å². The van der Waals surface area contributed by atoms with E-state index in [1.165, 1.54) is 10.8 Å². The normalized spacial score (nSPS) is 14.9. The Labute approximate surface area is 275 Å². The van der Waals surface area contributed by atoms with E-state index in [0.29, 0.717) is 5.84 Å². The Hall–Kier alpha value is -6.46. The molecule has 0 amide bonds. The summed E-state index contributed by atoms with van der Waals surface area (Å²) in [6.07, 6.45) is -0.339. The van der Waals surface area contributed by atoms with Crippen molar-refractivity contribution < 1.29 is 8.83 Å². The van der Waals surface area contributed by atoms with Crippen LogP contribution in [-0.2, 0) is 0 Å². The van der Waals surface area contributed by atoms with Gasteiger partial charge in [-0.25, -0.2) is 9.98 Å². The van der Waals surface area contributed by atoms with Gasteiger partial charge < -0.3 is 14.2 Å². The zero-order valence-corrected chi connectivity index (χ0v) is 25.7. The number of benzene rings is 7. The summed E-state index contributed by atoms with van der Waals surface area (Å²) in [4.78, 5) is 10.3. The maximum Gasteiger partial charge on any atom is 0.159 e. The lowest BCUT2D eigenvalue weighted by Crippen LogP contribution is -2.33. The van der Waals surface area contributed by atoms with Crippen molar-refractivity contribution in [3.63, 3.8) is 0 Å². The molecule has 0 aliphatic carbocycles. The number of nitrogens with one attached hydrogen (secondary N) is 1. The first-order chi connectivity index (χ1) is 23.8. The van der Waals surface area contributed by atoms with Gasteiger partial charge in [-0.1, -0.05) is 109 Å². The van der Waals surface area contributed by atoms with E-state index in [9.17, 15) is 0 Å². The van der Waals surface area contributed by atoms with Gasteiger partial charge in [-0.05, 0) is 64.4 Å². The van der Waals surface area contributed by atoms with Crippen LogP contribution in [0.4, 0.5) is 0 Å². The summed E-state index contributed by atoms with van der Waals surface area (Å²) in [6.45, 7) is 0. The van der Waals surface area contributed by atoms with Gasteiger partial charge in [-0.15, -0.1) is 0 Å². The molecule has 1 N–H and O–H groups in total. The van der Waals surface area contributed by atoms with Crippen molar-refractivity contribution in [3.8, 4) is 11.1 Å². The quantitative estimate of drug-likeness (QED) is 0.214. The van der Waals surface area contributed by atoms with Gasteiger partial charge in [-0.2, -0.15) is 0 Å². The molecule has 0 fully saturated rings. The second kappa shape index (κ2) is 10.5. The van der Waals surface area contributed by atoms with Crippen molar-refractivity contribution in [2.75, 3.05) is 0 Å². The first kappa shape index (κ1) is 26.7. The molecular weight excluding hydrogens is 590 g/mol. The van der Waals surface area contributed by atoms with Gasteiger partial charge in [0, 0.05) is 38.2 Å². The molecule has 0 radical (unpaired) electrons. The van der Waals surface area contributed by atoms with Gasteiger partial charge in [-0.3, -0.25) is 0 Å². The predicted molar refractivity (Wildman–Crippen MR) is 196 cm³/mol. The molecular formula is C43H27N3O2. The lowest BCUT2D eigenvalue weighted by atomic mass is 9.96. The maximum atomic E-state index is 6.66. The van der Waals surface area contributed by atoms with Crippen LogP contribution >= 0.6 is 0 Å². The van der Waals surface area contributed by atoms with E-state index in [0.717, 1.165) is 77.5 Å². The second-order valence-electron chi connectivity index (χ2n) is 12.2. The summed E-state index contributed by atoms with van der Waals surface area (Å²) in [7, 11) is 0. The third-order valence-electron chi connectivity index (χ3n) is 9.34. The highest BCUT2D eigenvalue weighted by molar-refractivity contribution is 6.24. The number of para-hydroxylation sites is 2. The number of nitrogens with zero attached hydrogens (tertiary/aromatic N) is 2. The average Bonchev–Trinajstić information content (AvgIpc) is 3.73. The third-order valence-corrected chi connectivity index (χ3v) is 9.34. The van der Waals surface area contributed by atoms with Crippen LogP contribution in [0.1, 0.15) is 22.9 Å². The molecule has 48 heavy (non-hydrogen) atoms. The molecule has 1 aliphatic heterocycles. The molecule has 1 aliphatic rings. The van der Waals surface area contributed by atoms with Crippen molar-refractivity contribution in [2.24, 2.45) is 9.98 Å². The van der Waals surface area contributed by atoms with Crippen LogP contribution in [0.5, 0.6) is 0 Å². The molecule has 1 atom stereocenters. The molecule has 2 aromatic heterocycles. The third kappa shape index (κ3) is 4.25. The molecule has 10 rings (SSSR count). The molecule has 226 valence electrons. The molecule has 0 bridgehead atoms. The van der Waals surface area contributed by atoms with E-state index < -0.39 is 0 Å². The Balaban J connectivity index is 1.18. The summed E-state index contributed by atoms with van der Waals surface area (Å²) in [5.74, 6) is 1.37. The van der Waals surface area contributed by atoms with Gasteiger partial charge in [0.25, 0.3) is 0 Å². The Bertz CT molecular complexity index is 2770. The number of aliphatic imine (C=N–C) groups is 2. The molecule has 7 aromatic carbocycles. The monoisotopic (exact) mass is 617 g/mol. The molecule has 0 spiro atoms. The largest absolute Gasteiger partial charge is 0.456 e. The van der Waals surface area contributed by atoms with Crippen molar-refractivity contribution in [2.45, 2.75) is 6.17 Å². The SMILES string of the molecule is c1ccc(C2N=C(c3ccc4c(c3)oc3ccccc34)N=C(c3ccc(-c4ccc5ccccc5c4)c4oc5ccccc5c34)N2)cc1. The summed E-state index contributed by atoms with van der Waals surface area (Å²) >= 11 is 0. The first-order valence-electron chi connectivity index (χ1n) is 16.1. The summed E-state index contributed by atoms with van der Waals surface area (Å²) in [6, 6.07) is 52.2. The van der Waals surface area contributed by atoms with Crippen LogP contribution in [0, 0.1) is 0 Å². The van der Waals surface area contributed by atoms with Crippen LogP contribution in [0.15, 0.2) is 170 Å². The highest BCUT2D eigenvalue weighted by Gasteiger charge is 2.25. The fourth-order valence-corrected chi connectivity index (χ4v) is 7.00. The molecule has 3 heterocycles. The minimum Gasteiger partial charge on any atom is -0.456 e. The second-order valence-corrected chi connectivity index (χ2v) is 12.2. The lowest BCUT2D eigenvalue weighted by Gasteiger charge is -2.24. The van der Waals surface area contributed by atoms with Crippen molar-refractivity contribution in [1.29, 1.82) is 0 Å². The topological polar surface area (TPSA) is 63.0 Å². The molecule has 5 nitrogen and oxygen atoms in total. The maximum absolute atomic E-state index is 6.66. The fraction of sp³-hybridized carbons (Fsp3) is 0.0233. The van der Waals surface area contributed by atoms with Crippen LogP contribution in [0.2, 0.25) is 0 Å². The molecule has 9 aromatic rings. The van der Waals surface area contributed by atoms with Crippen molar-refractivity contribution in [3.05, 3.63) is 168 Å². The number of hydrogen-bond acceptors (Lipinski definition) is 5. The van der Waals surface area contributed by atoms with Gasteiger partial charge in [0.2, 0.25) is 0 Å². The molecule has 0 saturated carbocycles. The first-order valence-corrected chi connectivity index (χ1v) is 16.1. The summed E-state index contributed by atoms with van der Waals surface area (Å²) in [5.41, 5.74) is 8.38. The minimum absolute atomic E-state index is 0.339. The van der Waals surface area contributed by atoms with E-state index in [1.807, 2.05) is 54.6 Å². The van der Waals surface area contributed by atoms with Crippen LogP contribution < -0.4 is 5.32 Å². The van der Waals surface area contributed by atoms with Gasteiger partial charge in [0.05, 0.1) is 0 Å². The highest BCUT2D eigenvalue weighted by Crippen LogP contribution is 2.40. The minimum atomic E-state index is -0.339. The predicted octanol–water partition coefficient (Wildman–Crippen LogP) is 10.8.